The Morgan fingerprint density at radius 2 is 1.87 bits per heavy atom. The summed E-state index contributed by atoms with van der Waals surface area (Å²) in [6, 6.07) is 16.3. The summed E-state index contributed by atoms with van der Waals surface area (Å²) in [7, 11) is 1.99. The Morgan fingerprint density at radius 3 is 2.61 bits per heavy atom. The van der Waals surface area contributed by atoms with E-state index in [4.69, 9.17) is 31.2 Å². The van der Waals surface area contributed by atoms with Crippen LogP contribution >= 0.6 is 22.9 Å². The number of carbonyl (C=O) groups is 1. The smallest absolute Gasteiger partial charge is 0.337 e. The number of rotatable bonds is 6. The Hall–Kier alpha value is -3.54. The molecule has 9 nitrogen and oxygen atoms in total. The number of hydrogen-bond acceptors (Lipinski definition) is 8. The minimum Gasteiger partial charge on any atom is -0.479 e. The third-order valence-corrected chi connectivity index (χ3v) is 10.2. The Labute approximate surface area is 277 Å². The lowest BCUT2D eigenvalue weighted by atomic mass is 9.91. The summed E-state index contributed by atoms with van der Waals surface area (Å²) in [6.07, 6.45) is -1.16. The first-order valence-corrected chi connectivity index (χ1v) is 16.8. The van der Waals surface area contributed by atoms with Crippen LogP contribution in [0.3, 0.4) is 0 Å². The molecule has 3 aromatic carbocycles. The summed E-state index contributed by atoms with van der Waals surface area (Å²) < 4.78 is 14.8. The first kappa shape index (κ1) is 31.1. The maximum atomic E-state index is 12.7. The van der Waals surface area contributed by atoms with Gasteiger partial charge in [-0.1, -0.05) is 23.7 Å². The molecule has 2 aliphatic rings. The van der Waals surface area contributed by atoms with Crippen molar-refractivity contribution in [3.8, 4) is 21.7 Å². The van der Waals surface area contributed by atoms with Crippen molar-refractivity contribution in [2.45, 2.75) is 45.4 Å². The van der Waals surface area contributed by atoms with Crippen molar-refractivity contribution in [2.75, 3.05) is 44.3 Å². The van der Waals surface area contributed by atoms with Crippen LogP contribution in [0, 0.1) is 6.92 Å². The van der Waals surface area contributed by atoms with Crippen LogP contribution in [0.4, 0.5) is 5.82 Å². The lowest BCUT2D eigenvalue weighted by Gasteiger charge is -2.43. The fourth-order valence-electron chi connectivity index (χ4n) is 6.71. The highest BCUT2D eigenvalue weighted by atomic mass is 35.5. The normalized spacial score (nSPS) is 18.3. The average Bonchev–Trinajstić information content (AvgIpc) is 3.59. The maximum Gasteiger partial charge on any atom is 0.337 e. The van der Waals surface area contributed by atoms with Gasteiger partial charge in [-0.25, -0.2) is 9.78 Å². The van der Waals surface area contributed by atoms with Crippen molar-refractivity contribution in [1.29, 1.82) is 0 Å². The molecular weight excluding hydrogens is 622 g/mol. The number of hydrogen-bond donors (Lipinski definition) is 1. The molecule has 0 amide bonds. The van der Waals surface area contributed by atoms with Crippen molar-refractivity contribution in [1.82, 2.24) is 19.7 Å². The summed E-state index contributed by atoms with van der Waals surface area (Å²) in [5.74, 6) is -0.0539. The zero-order chi connectivity index (χ0) is 32.3. The van der Waals surface area contributed by atoms with E-state index in [1.165, 1.54) is 0 Å². The third-order valence-electron chi connectivity index (χ3n) is 8.83. The molecule has 2 aromatic heterocycles. The van der Waals surface area contributed by atoms with Crippen molar-refractivity contribution in [3.63, 3.8) is 0 Å². The molecule has 0 spiro atoms. The van der Waals surface area contributed by atoms with E-state index in [0.717, 1.165) is 93.6 Å². The quantitative estimate of drug-likeness (QED) is 0.210. The van der Waals surface area contributed by atoms with Gasteiger partial charge < -0.3 is 19.5 Å². The molecule has 2 fully saturated rings. The molecule has 0 saturated carbocycles. The number of benzene rings is 3. The summed E-state index contributed by atoms with van der Waals surface area (Å²) in [5.41, 5.74) is 5.30. The highest BCUT2D eigenvalue weighted by Crippen LogP contribution is 2.45. The number of aromatic nitrogens is 3. The van der Waals surface area contributed by atoms with Gasteiger partial charge in [0.25, 0.3) is 0 Å². The Morgan fingerprint density at radius 1 is 1.11 bits per heavy atom. The number of aliphatic carboxylic acids is 1. The molecule has 46 heavy (non-hydrogen) atoms. The van der Waals surface area contributed by atoms with E-state index >= 15 is 0 Å². The van der Waals surface area contributed by atoms with Gasteiger partial charge in [0.2, 0.25) is 0 Å². The van der Waals surface area contributed by atoms with Crippen LogP contribution in [0.25, 0.3) is 42.8 Å². The van der Waals surface area contributed by atoms with Crippen molar-refractivity contribution in [3.05, 3.63) is 64.7 Å². The Kier molecular flexibility index (Phi) is 8.05. The largest absolute Gasteiger partial charge is 0.479 e. The molecule has 1 unspecified atom stereocenters. The maximum absolute atomic E-state index is 12.7. The molecule has 0 aliphatic carbocycles. The van der Waals surface area contributed by atoms with Gasteiger partial charge in [0, 0.05) is 60.3 Å². The number of nitrogens with zero attached hydrogens (tertiary/aromatic N) is 5. The molecule has 2 saturated heterocycles. The zero-order valence-corrected chi connectivity index (χ0v) is 28.3. The predicted molar refractivity (Wildman–Crippen MR) is 184 cm³/mol. The van der Waals surface area contributed by atoms with Crippen LogP contribution in [0.15, 0.2) is 48.5 Å². The zero-order valence-electron chi connectivity index (χ0n) is 26.7. The molecule has 2 aliphatic heterocycles. The van der Waals surface area contributed by atoms with Crippen LogP contribution in [0.5, 0.6) is 0 Å². The van der Waals surface area contributed by atoms with Gasteiger partial charge >= 0.3 is 5.97 Å². The molecule has 2 atom stereocenters. The molecule has 5 aromatic rings. The lowest BCUT2D eigenvalue weighted by molar-refractivity contribution is -0.160. The van der Waals surface area contributed by atoms with Gasteiger partial charge in [-0.3, -0.25) is 9.58 Å². The second-order valence-electron chi connectivity index (χ2n) is 13.2. The average molecular weight is 660 g/mol. The third kappa shape index (κ3) is 5.77. The number of carboxylic acid groups (broad SMARTS) is 1. The van der Waals surface area contributed by atoms with Crippen LogP contribution < -0.4 is 4.90 Å². The highest BCUT2D eigenvalue weighted by Gasteiger charge is 2.33. The van der Waals surface area contributed by atoms with E-state index in [1.54, 1.807) is 11.3 Å². The number of carboxylic acids is 1. The van der Waals surface area contributed by atoms with Gasteiger partial charge in [0.05, 0.1) is 40.6 Å². The van der Waals surface area contributed by atoms with E-state index < -0.39 is 17.7 Å². The molecule has 7 rings (SSSR count). The molecule has 0 bridgehead atoms. The molecule has 4 heterocycles. The van der Waals surface area contributed by atoms with Crippen LogP contribution in [0.2, 0.25) is 5.02 Å². The van der Waals surface area contributed by atoms with E-state index in [9.17, 15) is 9.90 Å². The van der Waals surface area contributed by atoms with E-state index in [-0.39, 0.29) is 0 Å². The second kappa shape index (κ2) is 11.9. The van der Waals surface area contributed by atoms with E-state index in [2.05, 4.69) is 28.0 Å². The van der Waals surface area contributed by atoms with Crippen molar-refractivity contribution >= 4 is 55.8 Å². The Bertz CT molecular complexity index is 1950. The standard InChI is InChI=1S/C35H38ClN5O4S/c1-20-16-26-31(29(21-6-9-23(36)10-7-21)28(20)30(34(42)43)45-35(2,3)4)46-33(37-26)22-8-11-27-25(17-22)32(38-39(27)5)41-13-12-40-14-15-44-19-24(40)18-41/h6-11,16-17,24,30H,12-15,18-19H2,1-5H3,(H,42,43)/t24-,30?/m1/s1. The number of piperazine rings is 1. The monoisotopic (exact) mass is 659 g/mol. The summed E-state index contributed by atoms with van der Waals surface area (Å²) >= 11 is 7.84. The van der Waals surface area contributed by atoms with Crippen molar-refractivity contribution < 1.29 is 19.4 Å². The number of ether oxygens (including phenoxy) is 2. The minimum atomic E-state index is -1.16. The van der Waals surface area contributed by atoms with Crippen molar-refractivity contribution in [2.24, 2.45) is 7.05 Å². The Balaban J connectivity index is 1.36. The fraction of sp³-hybridized carbons (Fsp3) is 0.400. The molecular formula is C35H38ClN5O4S. The predicted octanol–water partition coefficient (Wildman–Crippen LogP) is 6.94. The molecule has 11 heteroatoms. The van der Waals surface area contributed by atoms with Gasteiger partial charge in [-0.15, -0.1) is 11.3 Å². The molecule has 1 N–H and O–H groups in total. The number of thiazole rings is 1. The highest BCUT2D eigenvalue weighted by molar-refractivity contribution is 7.22. The van der Waals surface area contributed by atoms with E-state index in [1.807, 2.05) is 69.8 Å². The number of anilines is 1. The molecule has 0 radical (unpaired) electrons. The second-order valence-corrected chi connectivity index (χ2v) is 14.6. The summed E-state index contributed by atoms with van der Waals surface area (Å²) in [4.78, 5) is 22.7. The SMILES string of the molecule is Cc1cc2nc(-c3ccc4c(c3)c(N3CCN5CCOC[C@H]5C3)nn4C)sc2c(-c2ccc(Cl)cc2)c1C(OC(C)(C)C)C(=O)O. The van der Waals surface area contributed by atoms with Crippen LogP contribution in [0.1, 0.15) is 38.0 Å². The van der Waals surface area contributed by atoms with Gasteiger partial charge in [-0.2, -0.15) is 5.10 Å². The topological polar surface area (TPSA) is 93.0 Å². The minimum absolute atomic E-state index is 0.368. The fourth-order valence-corrected chi connectivity index (χ4v) is 7.96. The van der Waals surface area contributed by atoms with Crippen LogP contribution in [-0.2, 0) is 21.3 Å². The summed E-state index contributed by atoms with van der Waals surface area (Å²) in [5, 5.41) is 17.9. The first-order chi connectivity index (χ1) is 22.0. The lowest BCUT2D eigenvalue weighted by Crippen LogP contribution is -2.58. The van der Waals surface area contributed by atoms with Gasteiger partial charge in [-0.05, 0) is 75.2 Å². The number of aryl methyl sites for hydroxylation is 2. The van der Waals surface area contributed by atoms with Gasteiger partial charge in [0.1, 0.15) is 5.01 Å². The van der Waals surface area contributed by atoms with Gasteiger partial charge in [0.15, 0.2) is 11.9 Å². The van der Waals surface area contributed by atoms with Crippen LogP contribution in [-0.4, -0.2) is 81.8 Å². The first-order valence-electron chi connectivity index (χ1n) is 15.6. The molecule has 240 valence electrons. The number of halogens is 1. The summed E-state index contributed by atoms with van der Waals surface area (Å²) in [6.45, 7) is 12.9. The number of morpholine rings is 1. The van der Waals surface area contributed by atoms with E-state index in [0.29, 0.717) is 16.6 Å². The number of fused-ring (bicyclic) bond motifs is 3.